The molecule has 5 heteroatoms. The van der Waals surface area contributed by atoms with Crippen molar-refractivity contribution in [2.75, 3.05) is 0 Å². The Labute approximate surface area is 105 Å². The van der Waals surface area contributed by atoms with Gasteiger partial charge >= 0.3 is 0 Å². The summed E-state index contributed by atoms with van der Waals surface area (Å²) in [6.07, 6.45) is 1.68. The van der Waals surface area contributed by atoms with Gasteiger partial charge in [0.05, 0.1) is 0 Å². The third-order valence-electron chi connectivity index (χ3n) is 2.49. The molecule has 18 heavy (non-hydrogen) atoms. The number of aromatic nitrogens is 2. The number of hydrogen-bond acceptors (Lipinski definition) is 4. The standard InChI is InChI=1S/C13H15FN2O2/c1-3-5-12-15-11(16-18-12)8-17-10-7-4-6-9(2)13(10)14/h4,6-7H,3,5,8H2,1-2H3. The second-order valence-corrected chi connectivity index (χ2v) is 4.03. The number of aryl methyl sites for hydroxylation is 2. The highest BCUT2D eigenvalue weighted by Crippen LogP contribution is 2.20. The molecule has 0 saturated carbocycles. The summed E-state index contributed by atoms with van der Waals surface area (Å²) in [5, 5.41) is 3.77. The molecule has 1 aromatic heterocycles. The molecule has 0 radical (unpaired) electrons. The van der Waals surface area contributed by atoms with Crippen LogP contribution in [0.4, 0.5) is 4.39 Å². The lowest BCUT2D eigenvalue weighted by Crippen LogP contribution is -2.00. The van der Waals surface area contributed by atoms with Gasteiger partial charge < -0.3 is 9.26 Å². The zero-order chi connectivity index (χ0) is 13.0. The minimum atomic E-state index is -0.352. The maximum Gasteiger partial charge on any atom is 0.226 e. The molecule has 0 bridgehead atoms. The first-order valence-electron chi connectivity index (χ1n) is 5.90. The van der Waals surface area contributed by atoms with Gasteiger partial charge in [-0.3, -0.25) is 0 Å². The Balaban J connectivity index is 2.00. The second kappa shape index (κ2) is 5.62. The van der Waals surface area contributed by atoms with E-state index in [1.54, 1.807) is 25.1 Å². The third kappa shape index (κ3) is 2.85. The van der Waals surface area contributed by atoms with E-state index in [-0.39, 0.29) is 18.2 Å². The molecule has 96 valence electrons. The fourth-order valence-electron chi connectivity index (χ4n) is 1.54. The molecule has 2 aromatic rings. The normalized spacial score (nSPS) is 10.6. The van der Waals surface area contributed by atoms with Gasteiger partial charge in [-0.05, 0) is 25.0 Å². The maximum atomic E-state index is 13.6. The molecule has 1 heterocycles. The maximum absolute atomic E-state index is 13.6. The van der Waals surface area contributed by atoms with Crippen LogP contribution in [-0.2, 0) is 13.0 Å². The van der Waals surface area contributed by atoms with Crippen LogP contribution in [0.5, 0.6) is 5.75 Å². The molecule has 0 spiro atoms. The Kier molecular flexibility index (Phi) is 3.92. The summed E-state index contributed by atoms with van der Waals surface area (Å²) >= 11 is 0. The van der Waals surface area contributed by atoms with Crippen molar-refractivity contribution in [3.63, 3.8) is 0 Å². The Bertz CT molecular complexity index is 525. The molecule has 0 aliphatic heterocycles. The molecule has 0 fully saturated rings. The largest absolute Gasteiger partial charge is 0.482 e. The van der Waals surface area contributed by atoms with Crippen LogP contribution >= 0.6 is 0 Å². The average Bonchev–Trinajstić information content (AvgIpc) is 2.79. The van der Waals surface area contributed by atoms with Crippen molar-refractivity contribution in [1.82, 2.24) is 10.1 Å². The molecule has 0 saturated heterocycles. The molecular formula is C13H15FN2O2. The van der Waals surface area contributed by atoms with E-state index in [0.717, 1.165) is 12.8 Å². The summed E-state index contributed by atoms with van der Waals surface area (Å²) in [6.45, 7) is 3.83. The van der Waals surface area contributed by atoms with Gasteiger partial charge in [-0.1, -0.05) is 24.2 Å². The summed E-state index contributed by atoms with van der Waals surface area (Å²) < 4.78 is 24.0. The van der Waals surface area contributed by atoms with Gasteiger partial charge in [0.1, 0.15) is 0 Å². The fourth-order valence-corrected chi connectivity index (χ4v) is 1.54. The van der Waals surface area contributed by atoms with Gasteiger partial charge in [-0.25, -0.2) is 4.39 Å². The van der Waals surface area contributed by atoms with Crippen molar-refractivity contribution < 1.29 is 13.7 Å². The molecule has 0 atom stereocenters. The number of hydrogen-bond donors (Lipinski definition) is 0. The molecule has 0 unspecified atom stereocenters. The predicted molar refractivity (Wildman–Crippen MR) is 63.8 cm³/mol. The van der Waals surface area contributed by atoms with Crippen LogP contribution in [-0.4, -0.2) is 10.1 Å². The molecule has 1 aromatic carbocycles. The summed E-state index contributed by atoms with van der Waals surface area (Å²) in [6, 6.07) is 5.01. The second-order valence-electron chi connectivity index (χ2n) is 4.03. The van der Waals surface area contributed by atoms with E-state index in [2.05, 4.69) is 10.1 Å². The van der Waals surface area contributed by atoms with Gasteiger partial charge in [0.25, 0.3) is 0 Å². The average molecular weight is 250 g/mol. The quantitative estimate of drug-likeness (QED) is 0.818. The lowest BCUT2D eigenvalue weighted by atomic mass is 10.2. The molecule has 4 nitrogen and oxygen atoms in total. The Hall–Kier alpha value is -1.91. The Morgan fingerprint density at radius 3 is 3.00 bits per heavy atom. The van der Waals surface area contributed by atoms with Crippen LogP contribution < -0.4 is 4.74 Å². The molecular weight excluding hydrogens is 235 g/mol. The van der Waals surface area contributed by atoms with E-state index in [0.29, 0.717) is 17.3 Å². The summed E-state index contributed by atoms with van der Waals surface area (Å²) in [5.74, 6) is 0.867. The zero-order valence-electron chi connectivity index (χ0n) is 10.4. The minimum Gasteiger partial charge on any atom is -0.482 e. The van der Waals surface area contributed by atoms with E-state index in [1.807, 2.05) is 6.92 Å². The van der Waals surface area contributed by atoms with Crippen molar-refractivity contribution in [3.05, 3.63) is 41.3 Å². The Morgan fingerprint density at radius 1 is 1.39 bits per heavy atom. The number of halogens is 1. The van der Waals surface area contributed by atoms with E-state index in [4.69, 9.17) is 9.26 Å². The van der Waals surface area contributed by atoms with Crippen molar-refractivity contribution in [2.45, 2.75) is 33.3 Å². The van der Waals surface area contributed by atoms with Crippen molar-refractivity contribution in [3.8, 4) is 5.75 Å². The minimum absolute atomic E-state index is 0.105. The molecule has 0 aliphatic rings. The van der Waals surface area contributed by atoms with Gasteiger partial charge in [0, 0.05) is 6.42 Å². The fraction of sp³-hybridized carbons (Fsp3) is 0.385. The van der Waals surface area contributed by atoms with E-state index < -0.39 is 0 Å². The topological polar surface area (TPSA) is 48.2 Å². The summed E-state index contributed by atoms with van der Waals surface area (Å²) in [4.78, 5) is 4.14. The van der Waals surface area contributed by atoms with Crippen LogP contribution in [0.2, 0.25) is 0 Å². The molecule has 0 aliphatic carbocycles. The number of ether oxygens (including phenoxy) is 1. The molecule has 0 N–H and O–H groups in total. The number of rotatable bonds is 5. The van der Waals surface area contributed by atoms with Crippen LogP contribution in [0.3, 0.4) is 0 Å². The Morgan fingerprint density at radius 2 is 2.22 bits per heavy atom. The first-order valence-corrected chi connectivity index (χ1v) is 5.90. The van der Waals surface area contributed by atoms with E-state index >= 15 is 0 Å². The van der Waals surface area contributed by atoms with E-state index in [1.165, 1.54) is 0 Å². The first kappa shape index (κ1) is 12.5. The first-order chi connectivity index (χ1) is 8.70. The third-order valence-corrected chi connectivity index (χ3v) is 2.49. The SMILES string of the molecule is CCCc1nc(COc2cccc(C)c2F)no1. The highest BCUT2D eigenvalue weighted by Gasteiger charge is 2.09. The van der Waals surface area contributed by atoms with Crippen molar-refractivity contribution in [1.29, 1.82) is 0 Å². The summed E-state index contributed by atoms with van der Waals surface area (Å²) in [5.41, 5.74) is 0.548. The number of benzene rings is 1. The summed E-state index contributed by atoms with van der Waals surface area (Å²) in [7, 11) is 0. The molecule has 0 amide bonds. The van der Waals surface area contributed by atoms with E-state index in [9.17, 15) is 4.39 Å². The molecule has 2 rings (SSSR count). The lowest BCUT2D eigenvalue weighted by Gasteiger charge is -2.05. The van der Waals surface area contributed by atoms with Crippen LogP contribution in [0.1, 0.15) is 30.6 Å². The zero-order valence-corrected chi connectivity index (χ0v) is 10.4. The van der Waals surface area contributed by atoms with Crippen LogP contribution in [0, 0.1) is 12.7 Å². The monoisotopic (exact) mass is 250 g/mol. The van der Waals surface area contributed by atoms with Crippen molar-refractivity contribution >= 4 is 0 Å². The van der Waals surface area contributed by atoms with Gasteiger partial charge in [0.2, 0.25) is 11.7 Å². The van der Waals surface area contributed by atoms with Crippen LogP contribution in [0.25, 0.3) is 0 Å². The van der Waals surface area contributed by atoms with Gasteiger partial charge in [-0.2, -0.15) is 4.98 Å². The highest BCUT2D eigenvalue weighted by molar-refractivity contribution is 5.30. The lowest BCUT2D eigenvalue weighted by molar-refractivity contribution is 0.272. The van der Waals surface area contributed by atoms with Crippen LogP contribution in [0.15, 0.2) is 22.7 Å². The predicted octanol–water partition coefficient (Wildman–Crippen LogP) is 3.05. The van der Waals surface area contributed by atoms with Crippen molar-refractivity contribution in [2.24, 2.45) is 0 Å². The number of nitrogens with zero attached hydrogens (tertiary/aromatic N) is 2. The smallest absolute Gasteiger partial charge is 0.226 e. The van der Waals surface area contributed by atoms with Gasteiger partial charge in [0.15, 0.2) is 18.2 Å². The highest BCUT2D eigenvalue weighted by atomic mass is 19.1. The van der Waals surface area contributed by atoms with Gasteiger partial charge in [-0.15, -0.1) is 0 Å².